The molecular weight excluding hydrogens is 383 g/mol. The molecule has 25 heavy (non-hydrogen) atoms. The molecule has 2 aromatic carbocycles. The van der Waals surface area contributed by atoms with Gasteiger partial charge < -0.3 is 5.32 Å². The lowest BCUT2D eigenvalue weighted by Gasteiger charge is -2.22. The van der Waals surface area contributed by atoms with Gasteiger partial charge in [0.15, 0.2) is 0 Å². The Morgan fingerprint density at radius 2 is 1.76 bits per heavy atom. The van der Waals surface area contributed by atoms with Crippen LogP contribution in [0, 0.1) is 0 Å². The fourth-order valence-corrected chi connectivity index (χ4v) is 3.36. The second-order valence-electron chi connectivity index (χ2n) is 5.45. The van der Waals surface area contributed by atoms with Gasteiger partial charge in [-0.05, 0) is 30.2 Å². The van der Waals surface area contributed by atoms with E-state index in [0.717, 1.165) is 16.1 Å². The second kappa shape index (κ2) is 8.56. The Labute approximate surface area is 157 Å². The molecule has 0 unspecified atom stereocenters. The van der Waals surface area contributed by atoms with Crippen molar-refractivity contribution in [2.45, 2.75) is 6.42 Å². The summed E-state index contributed by atoms with van der Waals surface area (Å²) >= 11 is 11.8. The number of hydrogen-bond donors (Lipinski definition) is 1. The Morgan fingerprint density at radius 3 is 2.36 bits per heavy atom. The Bertz CT molecular complexity index is 842. The van der Waals surface area contributed by atoms with Gasteiger partial charge in [-0.3, -0.25) is 9.10 Å². The third-order valence-electron chi connectivity index (χ3n) is 3.46. The Kier molecular flexibility index (Phi) is 6.70. The first-order chi connectivity index (χ1) is 11.8. The molecule has 1 amide bonds. The van der Waals surface area contributed by atoms with Gasteiger partial charge in [0, 0.05) is 6.54 Å². The van der Waals surface area contributed by atoms with Crippen molar-refractivity contribution in [1.82, 2.24) is 5.32 Å². The maximum atomic E-state index is 12.1. The van der Waals surface area contributed by atoms with Gasteiger partial charge in [0.2, 0.25) is 15.9 Å². The molecule has 8 heteroatoms. The maximum Gasteiger partial charge on any atom is 0.240 e. The van der Waals surface area contributed by atoms with Crippen LogP contribution in [0.5, 0.6) is 0 Å². The molecule has 0 heterocycles. The number of carbonyl (C=O) groups is 1. The second-order valence-corrected chi connectivity index (χ2v) is 8.17. The van der Waals surface area contributed by atoms with E-state index in [2.05, 4.69) is 5.32 Å². The summed E-state index contributed by atoms with van der Waals surface area (Å²) in [6.07, 6.45) is 1.70. The van der Waals surface area contributed by atoms with E-state index in [1.807, 2.05) is 30.3 Å². The van der Waals surface area contributed by atoms with Gasteiger partial charge in [0.1, 0.15) is 6.54 Å². The molecule has 0 bridgehead atoms. The molecule has 0 fully saturated rings. The molecule has 0 aromatic heterocycles. The molecular formula is C17H18Cl2N2O3S. The van der Waals surface area contributed by atoms with Crippen molar-refractivity contribution in [2.75, 3.05) is 23.7 Å². The smallest absolute Gasteiger partial charge is 0.240 e. The first-order valence-corrected chi connectivity index (χ1v) is 10.1. The summed E-state index contributed by atoms with van der Waals surface area (Å²) < 4.78 is 25.1. The molecule has 134 valence electrons. The Balaban J connectivity index is 2.02. The standard InChI is InChI=1S/C17H18Cl2N2O3S/c1-25(23,24)21(14-7-8-15(18)16(19)11-14)12-17(22)20-10-9-13-5-3-2-4-6-13/h2-8,11H,9-10,12H2,1H3,(H,20,22). The van der Waals surface area contributed by atoms with Gasteiger partial charge in [0.25, 0.3) is 0 Å². The van der Waals surface area contributed by atoms with Gasteiger partial charge in [-0.1, -0.05) is 53.5 Å². The molecule has 0 aliphatic carbocycles. The molecule has 5 nitrogen and oxygen atoms in total. The van der Waals surface area contributed by atoms with Crippen LogP contribution in [0.25, 0.3) is 0 Å². The lowest BCUT2D eigenvalue weighted by Crippen LogP contribution is -2.40. The number of halogens is 2. The van der Waals surface area contributed by atoms with Gasteiger partial charge in [-0.2, -0.15) is 0 Å². The monoisotopic (exact) mass is 400 g/mol. The highest BCUT2D eigenvalue weighted by Gasteiger charge is 2.21. The fourth-order valence-electron chi connectivity index (χ4n) is 2.22. The highest BCUT2D eigenvalue weighted by Crippen LogP contribution is 2.28. The first kappa shape index (κ1) is 19.6. The normalized spacial score (nSPS) is 11.2. The number of nitrogens with zero attached hydrogens (tertiary/aromatic N) is 1. The number of amides is 1. The zero-order valence-corrected chi connectivity index (χ0v) is 15.9. The minimum Gasteiger partial charge on any atom is -0.354 e. The first-order valence-electron chi connectivity index (χ1n) is 7.51. The fraction of sp³-hybridized carbons (Fsp3) is 0.235. The quantitative estimate of drug-likeness (QED) is 0.775. The molecule has 0 aliphatic rings. The minimum absolute atomic E-state index is 0.220. The van der Waals surface area contributed by atoms with Crippen LogP contribution in [0.15, 0.2) is 48.5 Å². The predicted octanol–water partition coefficient (Wildman–Crippen LogP) is 3.12. The van der Waals surface area contributed by atoms with E-state index >= 15 is 0 Å². The van der Waals surface area contributed by atoms with E-state index < -0.39 is 15.9 Å². The number of sulfonamides is 1. The van der Waals surface area contributed by atoms with Gasteiger partial charge in [-0.25, -0.2) is 8.42 Å². The van der Waals surface area contributed by atoms with Crippen molar-refractivity contribution in [3.63, 3.8) is 0 Å². The third kappa shape index (κ3) is 5.92. The Hall–Kier alpha value is -1.76. The molecule has 0 aliphatic heterocycles. The summed E-state index contributed by atoms with van der Waals surface area (Å²) in [7, 11) is -3.65. The van der Waals surface area contributed by atoms with Gasteiger partial charge in [-0.15, -0.1) is 0 Å². The summed E-state index contributed by atoms with van der Waals surface area (Å²) in [5.74, 6) is -0.396. The molecule has 0 spiro atoms. The van der Waals surface area contributed by atoms with E-state index in [-0.39, 0.29) is 17.3 Å². The van der Waals surface area contributed by atoms with E-state index in [1.165, 1.54) is 18.2 Å². The van der Waals surface area contributed by atoms with Crippen molar-refractivity contribution in [2.24, 2.45) is 0 Å². The topological polar surface area (TPSA) is 66.5 Å². The van der Waals surface area contributed by atoms with Crippen LogP contribution < -0.4 is 9.62 Å². The van der Waals surface area contributed by atoms with Crippen LogP contribution in [0.1, 0.15) is 5.56 Å². The lowest BCUT2D eigenvalue weighted by atomic mass is 10.1. The van der Waals surface area contributed by atoms with Gasteiger partial charge >= 0.3 is 0 Å². The van der Waals surface area contributed by atoms with Crippen molar-refractivity contribution < 1.29 is 13.2 Å². The summed E-state index contributed by atoms with van der Waals surface area (Å²) in [4.78, 5) is 12.1. The third-order valence-corrected chi connectivity index (χ3v) is 5.34. The van der Waals surface area contributed by atoms with Crippen molar-refractivity contribution >= 4 is 44.8 Å². The number of rotatable bonds is 7. The van der Waals surface area contributed by atoms with Gasteiger partial charge in [0.05, 0.1) is 22.0 Å². The van der Waals surface area contributed by atoms with Crippen LogP contribution in [0.4, 0.5) is 5.69 Å². The van der Waals surface area contributed by atoms with E-state index in [1.54, 1.807) is 0 Å². The lowest BCUT2D eigenvalue weighted by molar-refractivity contribution is -0.119. The molecule has 0 saturated carbocycles. The summed E-state index contributed by atoms with van der Waals surface area (Å²) in [6.45, 7) is 0.0907. The number of anilines is 1. The van der Waals surface area contributed by atoms with Crippen molar-refractivity contribution in [1.29, 1.82) is 0 Å². The summed E-state index contributed by atoms with van der Waals surface area (Å²) in [6, 6.07) is 14.1. The largest absolute Gasteiger partial charge is 0.354 e. The highest BCUT2D eigenvalue weighted by atomic mass is 35.5. The van der Waals surface area contributed by atoms with Crippen LogP contribution in [-0.2, 0) is 21.2 Å². The van der Waals surface area contributed by atoms with Crippen LogP contribution in [0.3, 0.4) is 0 Å². The number of nitrogens with one attached hydrogen (secondary N) is 1. The number of benzene rings is 2. The summed E-state index contributed by atoms with van der Waals surface area (Å²) in [5.41, 5.74) is 1.38. The Morgan fingerprint density at radius 1 is 1.08 bits per heavy atom. The minimum atomic E-state index is -3.65. The predicted molar refractivity (Wildman–Crippen MR) is 102 cm³/mol. The van der Waals surface area contributed by atoms with E-state index in [9.17, 15) is 13.2 Å². The van der Waals surface area contributed by atoms with Crippen molar-refractivity contribution in [3.05, 3.63) is 64.1 Å². The summed E-state index contributed by atoms with van der Waals surface area (Å²) in [5, 5.41) is 3.26. The molecule has 1 N–H and O–H groups in total. The molecule has 0 saturated heterocycles. The van der Waals surface area contributed by atoms with Crippen molar-refractivity contribution in [3.8, 4) is 0 Å². The number of carbonyl (C=O) groups excluding carboxylic acids is 1. The zero-order chi connectivity index (χ0) is 18.4. The highest BCUT2D eigenvalue weighted by molar-refractivity contribution is 7.92. The number of hydrogen-bond acceptors (Lipinski definition) is 3. The molecule has 0 radical (unpaired) electrons. The van der Waals surface area contributed by atoms with Crippen LogP contribution in [-0.4, -0.2) is 33.7 Å². The molecule has 2 rings (SSSR count). The molecule has 0 atom stereocenters. The average molecular weight is 401 g/mol. The zero-order valence-electron chi connectivity index (χ0n) is 13.6. The van der Waals surface area contributed by atoms with E-state index in [4.69, 9.17) is 23.2 Å². The SMILES string of the molecule is CS(=O)(=O)N(CC(=O)NCCc1ccccc1)c1ccc(Cl)c(Cl)c1. The molecule has 2 aromatic rings. The maximum absolute atomic E-state index is 12.1. The van der Waals surface area contributed by atoms with E-state index in [0.29, 0.717) is 18.0 Å². The average Bonchev–Trinajstić information content (AvgIpc) is 2.55. The van der Waals surface area contributed by atoms with Crippen LogP contribution in [0.2, 0.25) is 10.0 Å². The van der Waals surface area contributed by atoms with Crippen LogP contribution >= 0.6 is 23.2 Å².